The number of hydrogen-bond donors (Lipinski definition) is 2. The van der Waals surface area contributed by atoms with Crippen molar-refractivity contribution in [2.75, 3.05) is 25.6 Å². The van der Waals surface area contributed by atoms with Crippen LogP contribution in [0.2, 0.25) is 0 Å². The van der Waals surface area contributed by atoms with E-state index in [1.807, 2.05) is 0 Å². The Morgan fingerprint density at radius 3 is 2.80 bits per heavy atom. The molecule has 2 heterocycles. The highest BCUT2D eigenvalue weighted by atomic mass is 16.5. The molecule has 0 atom stereocenters. The first-order chi connectivity index (χ1) is 9.69. The van der Waals surface area contributed by atoms with Gasteiger partial charge in [-0.2, -0.15) is 0 Å². The van der Waals surface area contributed by atoms with E-state index in [1.54, 1.807) is 20.1 Å². The van der Waals surface area contributed by atoms with Crippen LogP contribution in [0.25, 0.3) is 0 Å². The summed E-state index contributed by atoms with van der Waals surface area (Å²) in [6.45, 7) is 2.66. The molecular weight excluding hydrogens is 262 g/mol. The summed E-state index contributed by atoms with van der Waals surface area (Å²) in [5.74, 6) is 1.41. The average molecular weight is 277 g/mol. The molecular formula is C12H15N5O3. The van der Waals surface area contributed by atoms with E-state index >= 15 is 0 Å². The third kappa shape index (κ3) is 3.75. The van der Waals surface area contributed by atoms with Crippen molar-refractivity contribution in [3.8, 4) is 0 Å². The van der Waals surface area contributed by atoms with Gasteiger partial charge in [0, 0.05) is 19.7 Å². The fraction of sp³-hybridized carbons (Fsp3) is 0.333. The summed E-state index contributed by atoms with van der Waals surface area (Å²) in [4.78, 5) is 19.8. The minimum Gasteiger partial charge on any atom is -0.383 e. The molecule has 1 amide bonds. The lowest BCUT2D eigenvalue weighted by Crippen LogP contribution is -2.27. The van der Waals surface area contributed by atoms with Gasteiger partial charge >= 0.3 is 0 Å². The molecule has 0 radical (unpaired) electrons. The Hall–Kier alpha value is -2.48. The zero-order valence-corrected chi connectivity index (χ0v) is 11.2. The number of rotatable bonds is 6. The summed E-state index contributed by atoms with van der Waals surface area (Å²) in [6, 6.07) is 1.73. The van der Waals surface area contributed by atoms with Gasteiger partial charge in [0.15, 0.2) is 5.82 Å². The molecule has 0 saturated carbocycles. The molecule has 0 aliphatic heterocycles. The van der Waals surface area contributed by atoms with E-state index in [-0.39, 0.29) is 11.6 Å². The smallest absolute Gasteiger partial charge is 0.271 e. The lowest BCUT2D eigenvalue weighted by Gasteiger charge is -2.04. The fourth-order valence-electron chi connectivity index (χ4n) is 1.42. The van der Waals surface area contributed by atoms with Crippen molar-refractivity contribution < 1.29 is 14.1 Å². The first kappa shape index (κ1) is 13.9. The van der Waals surface area contributed by atoms with Gasteiger partial charge in [0.05, 0.1) is 19.0 Å². The van der Waals surface area contributed by atoms with E-state index in [0.29, 0.717) is 30.5 Å². The molecule has 0 aromatic carbocycles. The number of ether oxygens (including phenoxy) is 1. The van der Waals surface area contributed by atoms with E-state index in [4.69, 9.17) is 9.26 Å². The van der Waals surface area contributed by atoms with E-state index < -0.39 is 0 Å². The molecule has 0 saturated heterocycles. The molecule has 0 unspecified atom stereocenters. The van der Waals surface area contributed by atoms with Gasteiger partial charge in [-0.15, -0.1) is 0 Å². The SMILES string of the molecule is COCCNC(=O)c1cnc(Nc2cc(C)on2)cn1. The van der Waals surface area contributed by atoms with Gasteiger partial charge in [-0.25, -0.2) is 9.97 Å². The Labute approximate surface area is 115 Å². The van der Waals surface area contributed by atoms with Crippen LogP contribution >= 0.6 is 0 Å². The van der Waals surface area contributed by atoms with E-state index in [2.05, 4.69) is 25.8 Å². The maximum atomic E-state index is 11.7. The first-order valence-corrected chi connectivity index (χ1v) is 5.98. The lowest BCUT2D eigenvalue weighted by molar-refractivity contribution is 0.0932. The van der Waals surface area contributed by atoms with Gasteiger partial charge in [-0.05, 0) is 6.92 Å². The molecule has 8 heteroatoms. The Bertz CT molecular complexity index is 567. The summed E-state index contributed by atoms with van der Waals surface area (Å²) in [6.07, 6.45) is 2.84. The van der Waals surface area contributed by atoms with Crippen molar-refractivity contribution in [3.63, 3.8) is 0 Å². The van der Waals surface area contributed by atoms with Crippen LogP contribution in [-0.2, 0) is 4.74 Å². The number of methoxy groups -OCH3 is 1. The van der Waals surface area contributed by atoms with Crippen molar-refractivity contribution in [2.24, 2.45) is 0 Å². The average Bonchev–Trinajstić information content (AvgIpc) is 2.85. The lowest BCUT2D eigenvalue weighted by atomic mass is 10.4. The summed E-state index contributed by atoms with van der Waals surface area (Å²) >= 11 is 0. The standard InChI is InChI=1S/C12H15N5O3/c1-8-5-10(17-20-8)16-11-7-14-9(6-15-11)12(18)13-3-4-19-2/h5-7H,3-4H2,1-2H3,(H,13,18)(H,15,16,17). The number of anilines is 2. The molecule has 0 spiro atoms. The summed E-state index contributed by atoms with van der Waals surface area (Å²) in [7, 11) is 1.57. The molecule has 20 heavy (non-hydrogen) atoms. The molecule has 8 nitrogen and oxygen atoms in total. The number of hydrogen-bond acceptors (Lipinski definition) is 7. The van der Waals surface area contributed by atoms with Crippen LogP contribution in [0.4, 0.5) is 11.6 Å². The highest BCUT2D eigenvalue weighted by Crippen LogP contribution is 2.12. The van der Waals surface area contributed by atoms with Crippen LogP contribution in [0.5, 0.6) is 0 Å². The number of aromatic nitrogens is 3. The minimum atomic E-state index is -0.293. The van der Waals surface area contributed by atoms with Gasteiger partial charge < -0.3 is 19.9 Å². The predicted octanol–water partition coefficient (Wildman–Crippen LogP) is 0.893. The van der Waals surface area contributed by atoms with Gasteiger partial charge in [0.1, 0.15) is 17.3 Å². The number of carbonyl (C=O) groups excluding carboxylic acids is 1. The number of nitrogens with one attached hydrogen (secondary N) is 2. The van der Waals surface area contributed by atoms with Crippen LogP contribution in [0.1, 0.15) is 16.2 Å². The predicted molar refractivity (Wildman–Crippen MR) is 70.8 cm³/mol. The topological polar surface area (TPSA) is 102 Å². The monoisotopic (exact) mass is 277 g/mol. The fourth-order valence-corrected chi connectivity index (χ4v) is 1.42. The van der Waals surface area contributed by atoms with Crippen LogP contribution in [0.3, 0.4) is 0 Å². The highest BCUT2D eigenvalue weighted by Gasteiger charge is 2.08. The van der Waals surface area contributed by atoms with Crippen molar-refractivity contribution in [1.82, 2.24) is 20.4 Å². The van der Waals surface area contributed by atoms with Gasteiger partial charge in [-0.3, -0.25) is 4.79 Å². The number of carbonyl (C=O) groups is 1. The van der Waals surface area contributed by atoms with Crippen molar-refractivity contribution in [3.05, 3.63) is 29.9 Å². The van der Waals surface area contributed by atoms with E-state index in [1.165, 1.54) is 12.4 Å². The molecule has 2 aromatic rings. The third-order valence-corrected chi connectivity index (χ3v) is 2.36. The molecule has 0 aliphatic rings. The number of aryl methyl sites for hydroxylation is 1. The second-order valence-corrected chi connectivity index (χ2v) is 3.98. The molecule has 0 fully saturated rings. The largest absolute Gasteiger partial charge is 0.383 e. The second-order valence-electron chi connectivity index (χ2n) is 3.98. The Morgan fingerprint density at radius 1 is 1.35 bits per heavy atom. The van der Waals surface area contributed by atoms with Crippen LogP contribution in [0.15, 0.2) is 23.0 Å². The second kappa shape index (κ2) is 6.62. The summed E-state index contributed by atoms with van der Waals surface area (Å²) < 4.78 is 9.76. The first-order valence-electron chi connectivity index (χ1n) is 5.98. The quantitative estimate of drug-likeness (QED) is 0.756. The molecule has 0 aliphatic carbocycles. The van der Waals surface area contributed by atoms with Crippen LogP contribution in [-0.4, -0.2) is 41.3 Å². The Kier molecular flexibility index (Phi) is 4.61. The van der Waals surface area contributed by atoms with Crippen molar-refractivity contribution >= 4 is 17.5 Å². The maximum absolute atomic E-state index is 11.7. The number of nitrogens with zero attached hydrogens (tertiary/aromatic N) is 3. The molecule has 2 rings (SSSR count). The van der Waals surface area contributed by atoms with Gasteiger partial charge in [0.25, 0.3) is 5.91 Å². The van der Waals surface area contributed by atoms with Crippen LogP contribution < -0.4 is 10.6 Å². The Morgan fingerprint density at radius 2 is 2.20 bits per heavy atom. The molecule has 2 N–H and O–H groups in total. The zero-order chi connectivity index (χ0) is 14.4. The van der Waals surface area contributed by atoms with Gasteiger partial charge in [-0.1, -0.05) is 5.16 Å². The van der Waals surface area contributed by atoms with E-state index in [9.17, 15) is 4.79 Å². The highest BCUT2D eigenvalue weighted by molar-refractivity contribution is 5.92. The van der Waals surface area contributed by atoms with Crippen molar-refractivity contribution in [1.29, 1.82) is 0 Å². The summed E-state index contributed by atoms with van der Waals surface area (Å²) in [5, 5.41) is 9.34. The normalized spacial score (nSPS) is 10.3. The molecule has 106 valence electrons. The Balaban J connectivity index is 1.94. The summed E-state index contributed by atoms with van der Waals surface area (Å²) in [5.41, 5.74) is 0.239. The van der Waals surface area contributed by atoms with Crippen molar-refractivity contribution in [2.45, 2.75) is 6.92 Å². The molecule has 2 aromatic heterocycles. The minimum absolute atomic E-state index is 0.239. The van der Waals surface area contributed by atoms with Gasteiger partial charge in [0.2, 0.25) is 0 Å². The number of amides is 1. The molecule has 0 bridgehead atoms. The maximum Gasteiger partial charge on any atom is 0.271 e. The third-order valence-electron chi connectivity index (χ3n) is 2.36. The van der Waals surface area contributed by atoms with Crippen LogP contribution in [0, 0.1) is 6.92 Å². The zero-order valence-electron chi connectivity index (χ0n) is 11.2. The van der Waals surface area contributed by atoms with E-state index in [0.717, 1.165) is 0 Å².